The van der Waals surface area contributed by atoms with E-state index in [4.69, 9.17) is 9.47 Å². The summed E-state index contributed by atoms with van der Waals surface area (Å²) in [6.07, 6.45) is 3.31. The summed E-state index contributed by atoms with van der Waals surface area (Å²) in [6.45, 7) is 10.7. The first-order valence-corrected chi connectivity index (χ1v) is 13.7. The van der Waals surface area contributed by atoms with Gasteiger partial charge in [-0.15, -0.1) is 0 Å². The van der Waals surface area contributed by atoms with E-state index in [2.05, 4.69) is 44.7 Å². The highest BCUT2D eigenvalue weighted by Crippen LogP contribution is 2.28. The highest BCUT2D eigenvalue weighted by atomic mass is 16.5. The molecule has 1 aliphatic heterocycles. The van der Waals surface area contributed by atoms with Crippen LogP contribution in [0.4, 0.5) is 17.2 Å². The van der Waals surface area contributed by atoms with E-state index in [1.165, 1.54) is 17.3 Å². The van der Waals surface area contributed by atoms with Gasteiger partial charge in [0.1, 0.15) is 23.6 Å². The maximum Gasteiger partial charge on any atom is 0.247 e. The summed E-state index contributed by atoms with van der Waals surface area (Å²) < 4.78 is 10.7. The van der Waals surface area contributed by atoms with Gasteiger partial charge >= 0.3 is 0 Å². The minimum Gasteiger partial charge on any atom is -0.497 e. The number of methoxy groups -OCH3 is 2. The molecular weight excluding hydrogens is 520 g/mol. The minimum atomic E-state index is -0.276. The van der Waals surface area contributed by atoms with Crippen LogP contribution < -0.4 is 24.6 Å². The average Bonchev–Trinajstić information content (AvgIpc) is 3.01. The number of likely N-dealkylation sites (N-methyl/N-ethyl adjacent to an activating group) is 2. The summed E-state index contributed by atoms with van der Waals surface area (Å²) in [4.78, 5) is 40.5. The van der Waals surface area contributed by atoms with Crippen molar-refractivity contribution in [1.29, 1.82) is 0 Å². The molecule has 3 aromatic rings. The lowest BCUT2D eigenvalue weighted by atomic mass is 10.0. The number of carbonyl (C=O) groups excluding carboxylic acids is 2. The van der Waals surface area contributed by atoms with Crippen LogP contribution in [0.1, 0.15) is 23.7 Å². The van der Waals surface area contributed by atoms with Crippen LogP contribution in [-0.4, -0.2) is 80.7 Å². The van der Waals surface area contributed by atoms with Gasteiger partial charge in [0.05, 0.1) is 26.3 Å². The van der Waals surface area contributed by atoms with E-state index in [0.29, 0.717) is 29.4 Å². The van der Waals surface area contributed by atoms with Gasteiger partial charge in [0.15, 0.2) is 0 Å². The van der Waals surface area contributed by atoms with E-state index in [1.807, 2.05) is 24.3 Å². The first-order chi connectivity index (χ1) is 19.8. The number of nitrogens with one attached hydrogen (secondary N) is 1. The molecule has 10 heteroatoms. The third kappa shape index (κ3) is 7.61. The van der Waals surface area contributed by atoms with Gasteiger partial charge in [-0.05, 0) is 48.0 Å². The van der Waals surface area contributed by atoms with E-state index in [1.54, 1.807) is 33.4 Å². The molecule has 0 atom stereocenters. The molecule has 1 aliphatic rings. The molecule has 2 aromatic carbocycles. The molecule has 4 rings (SSSR count). The number of nitrogens with zero attached hydrogens (tertiary/aromatic N) is 5. The lowest BCUT2D eigenvalue weighted by Crippen LogP contribution is -2.46. The van der Waals surface area contributed by atoms with Crippen LogP contribution in [0.2, 0.25) is 0 Å². The molecule has 1 N–H and O–H groups in total. The molecule has 2 amide bonds. The Morgan fingerprint density at radius 2 is 1.73 bits per heavy atom. The van der Waals surface area contributed by atoms with E-state index in [-0.39, 0.29) is 18.2 Å². The Hall–Kier alpha value is -4.44. The SMILES string of the molecule is C=CC(=O)Nc1cc(N2CCN(CC)CC2)ccc1Cc1cc(N(C)C(=O)Cc2cc(OC)cc(OC)c2)ncn1. The van der Waals surface area contributed by atoms with Crippen LogP contribution in [0.25, 0.3) is 0 Å². The molecule has 1 aromatic heterocycles. The topological polar surface area (TPSA) is 100 Å². The van der Waals surface area contributed by atoms with Crippen molar-refractivity contribution in [3.8, 4) is 11.5 Å². The van der Waals surface area contributed by atoms with Crippen LogP contribution in [-0.2, 0) is 22.4 Å². The largest absolute Gasteiger partial charge is 0.497 e. The molecule has 1 fully saturated rings. The summed E-state index contributed by atoms with van der Waals surface area (Å²) in [5.74, 6) is 1.30. The molecule has 0 spiro atoms. The second kappa shape index (κ2) is 13.8. The summed E-state index contributed by atoms with van der Waals surface area (Å²) in [7, 11) is 4.84. The van der Waals surface area contributed by atoms with Crippen LogP contribution in [0.5, 0.6) is 11.5 Å². The Kier molecular flexibility index (Phi) is 9.91. The van der Waals surface area contributed by atoms with E-state index >= 15 is 0 Å². The van der Waals surface area contributed by atoms with Gasteiger partial charge in [-0.3, -0.25) is 14.5 Å². The number of piperazine rings is 1. The zero-order chi connectivity index (χ0) is 29.4. The van der Waals surface area contributed by atoms with Gasteiger partial charge in [0.2, 0.25) is 11.8 Å². The Bertz CT molecular complexity index is 1360. The number of benzene rings is 2. The smallest absolute Gasteiger partial charge is 0.247 e. The average molecular weight is 559 g/mol. The van der Waals surface area contributed by atoms with Crippen LogP contribution in [0.3, 0.4) is 0 Å². The molecule has 10 nitrogen and oxygen atoms in total. The van der Waals surface area contributed by atoms with Crippen LogP contribution >= 0.6 is 0 Å². The molecule has 0 unspecified atom stereocenters. The molecule has 0 saturated carbocycles. The van der Waals surface area contributed by atoms with Gasteiger partial charge in [-0.2, -0.15) is 0 Å². The van der Waals surface area contributed by atoms with Crippen molar-refractivity contribution in [3.63, 3.8) is 0 Å². The van der Waals surface area contributed by atoms with Crippen molar-refractivity contribution in [2.45, 2.75) is 19.8 Å². The molecule has 216 valence electrons. The quantitative estimate of drug-likeness (QED) is 0.357. The normalized spacial score (nSPS) is 13.4. The Balaban J connectivity index is 1.51. The third-order valence-corrected chi connectivity index (χ3v) is 7.29. The molecule has 0 aliphatic carbocycles. The van der Waals surface area contributed by atoms with Gasteiger partial charge < -0.3 is 24.6 Å². The zero-order valence-electron chi connectivity index (χ0n) is 24.2. The summed E-state index contributed by atoms with van der Waals surface area (Å²) in [5.41, 5.74) is 4.16. The number of amides is 2. The van der Waals surface area contributed by atoms with Crippen molar-refractivity contribution < 1.29 is 19.1 Å². The van der Waals surface area contributed by atoms with Crippen LogP contribution in [0.15, 0.2) is 61.4 Å². The maximum absolute atomic E-state index is 13.1. The first kappa shape index (κ1) is 29.5. The van der Waals surface area contributed by atoms with E-state index in [9.17, 15) is 9.59 Å². The number of rotatable bonds is 11. The third-order valence-electron chi connectivity index (χ3n) is 7.29. The fourth-order valence-electron chi connectivity index (χ4n) is 4.79. The minimum absolute atomic E-state index is 0.142. The fraction of sp³-hybridized carbons (Fsp3) is 0.355. The van der Waals surface area contributed by atoms with Gasteiger partial charge in [0, 0.05) is 63.2 Å². The Morgan fingerprint density at radius 1 is 1.02 bits per heavy atom. The molecular formula is C31H38N6O4. The standard InChI is InChI=1S/C31H38N6O4/c1-6-30(38)34-28-19-25(37-12-10-36(7-2)11-13-37)9-8-23(28)17-24-18-29(33-21-32-24)35(3)31(39)16-22-14-26(40-4)20-27(15-22)41-5/h6,8-9,14-15,18-21H,1,7,10-13,16-17H2,2-5H3,(H,34,38). The van der Waals surface area contributed by atoms with Gasteiger partial charge in [-0.25, -0.2) is 9.97 Å². The zero-order valence-corrected chi connectivity index (χ0v) is 24.2. The van der Waals surface area contributed by atoms with Gasteiger partial charge in [-0.1, -0.05) is 19.6 Å². The highest BCUT2D eigenvalue weighted by molar-refractivity contribution is 5.99. The molecule has 1 saturated heterocycles. The van der Waals surface area contributed by atoms with E-state index < -0.39 is 0 Å². The number of aromatic nitrogens is 2. The molecule has 0 bridgehead atoms. The second-order valence-corrected chi connectivity index (χ2v) is 9.85. The number of hydrogen-bond donors (Lipinski definition) is 1. The van der Waals surface area contributed by atoms with Gasteiger partial charge in [0.25, 0.3) is 0 Å². The van der Waals surface area contributed by atoms with Crippen molar-refractivity contribution in [2.24, 2.45) is 0 Å². The Morgan fingerprint density at radius 3 is 2.37 bits per heavy atom. The second-order valence-electron chi connectivity index (χ2n) is 9.85. The first-order valence-electron chi connectivity index (χ1n) is 13.7. The van der Waals surface area contributed by atoms with E-state index in [0.717, 1.165) is 55.2 Å². The number of ether oxygens (including phenoxy) is 2. The van der Waals surface area contributed by atoms with Crippen LogP contribution in [0, 0.1) is 0 Å². The lowest BCUT2D eigenvalue weighted by molar-refractivity contribution is -0.117. The highest BCUT2D eigenvalue weighted by Gasteiger charge is 2.19. The monoisotopic (exact) mass is 558 g/mol. The summed E-state index contributed by atoms with van der Waals surface area (Å²) in [6, 6.07) is 13.3. The number of carbonyl (C=O) groups is 2. The number of anilines is 3. The fourth-order valence-corrected chi connectivity index (χ4v) is 4.79. The summed E-state index contributed by atoms with van der Waals surface area (Å²) >= 11 is 0. The number of hydrogen-bond acceptors (Lipinski definition) is 8. The van der Waals surface area contributed by atoms with Crippen molar-refractivity contribution >= 4 is 29.0 Å². The van der Waals surface area contributed by atoms with Crippen molar-refractivity contribution in [1.82, 2.24) is 14.9 Å². The molecule has 0 radical (unpaired) electrons. The Labute approximate surface area is 241 Å². The predicted molar refractivity (Wildman–Crippen MR) is 161 cm³/mol. The molecule has 2 heterocycles. The van der Waals surface area contributed by atoms with Crippen molar-refractivity contribution in [2.75, 3.05) is 69.1 Å². The predicted octanol–water partition coefficient (Wildman–Crippen LogP) is 3.56. The molecule has 41 heavy (non-hydrogen) atoms. The lowest BCUT2D eigenvalue weighted by Gasteiger charge is -2.35. The maximum atomic E-state index is 13.1. The van der Waals surface area contributed by atoms with Crippen molar-refractivity contribution in [3.05, 3.63) is 78.3 Å². The summed E-state index contributed by atoms with van der Waals surface area (Å²) in [5, 5.41) is 2.96.